The third-order valence-corrected chi connectivity index (χ3v) is 5.33. The molecule has 1 saturated heterocycles. The van der Waals surface area contributed by atoms with E-state index in [2.05, 4.69) is 10.6 Å². The van der Waals surface area contributed by atoms with Crippen LogP contribution in [0, 0.1) is 5.92 Å². The molecule has 0 aromatic heterocycles. The Balaban J connectivity index is 1.26. The van der Waals surface area contributed by atoms with E-state index in [9.17, 15) is 9.59 Å². The second kappa shape index (κ2) is 9.03. The first-order chi connectivity index (χ1) is 15.1. The molecule has 1 atom stereocenters. The van der Waals surface area contributed by atoms with E-state index < -0.39 is 0 Å². The molecule has 2 heterocycles. The summed E-state index contributed by atoms with van der Waals surface area (Å²) in [6, 6.07) is 10.6. The summed E-state index contributed by atoms with van der Waals surface area (Å²) in [6.45, 7) is 1.48. The van der Waals surface area contributed by atoms with E-state index in [1.165, 1.54) is 0 Å². The van der Waals surface area contributed by atoms with Crippen molar-refractivity contribution in [2.45, 2.75) is 13.0 Å². The van der Waals surface area contributed by atoms with Crippen molar-refractivity contribution in [2.24, 2.45) is 5.92 Å². The Bertz CT molecular complexity index is 980. The molecule has 2 aliphatic rings. The molecular weight excluding hydrogens is 402 g/mol. The smallest absolute Gasteiger partial charge is 0.315 e. The van der Waals surface area contributed by atoms with Crippen molar-refractivity contribution in [1.29, 1.82) is 0 Å². The molecule has 31 heavy (non-hydrogen) atoms. The molecule has 1 fully saturated rings. The fraction of sp³-hybridized carbons (Fsp3) is 0.364. The van der Waals surface area contributed by atoms with Gasteiger partial charge in [-0.05, 0) is 29.8 Å². The number of carbonyl (C=O) groups is 2. The maximum Gasteiger partial charge on any atom is 0.315 e. The summed E-state index contributed by atoms with van der Waals surface area (Å²) in [7, 11) is 3.14. The first-order valence-corrected chi connectivity index (χ1v) is 10.00. The van der Waals surface area contributed by atoms with Gasteiger partial charge in [0.2, 0.25) is 12.7 Å². The SMILES string of the molecule is COc1ccc(CNC(=O)NC[C@@H]2CC(=O)N(c3ccc4c(c3)OCO4)C2)cc1OC. The molecule has 4 rings (SSSR count). The van der Waals surface area contributed by atoms with E-state index in [4.69, 9.17) is 18.9 Å². The zero-order chi connectivity index (χ0) is 21.8. The molecule has 0 bridgehead atoms. The van der Waals surface area contributed by atoms with E-state index in [1.807, 2.05) is 24.3 Å². The number of amides is 3. The van der Waals surface area contributed by atoms with Crippen LogP contribution >= 0.6 is 0 Å². The molecule has 2 aromatic rings. The summed E-state index contributed by atoms with van der Waals surface area (Å²) in [4.78, 5) is 26.4. The van der Waals surface area contributed by atoms with E-state index in [0.717, 1.165) is 11.3 Å². The molecule has 0 saturated carbocycles. The number of urea groups is 1. The predicted octanol–water partition coefficient (Wildman–Crippen LogP) is 2.28. The third-order valence-electron chi connectivity index (χ3n) is 5.33. The highest BCUT2D eigenvalue weighted by Crippen LogP contribution is 2.37. The van der Waals surface area contributed by atoms with Crippen LogP contribution in [0.25, 0.3) is 0 Å². The van der Waals surface area contributed by atoms with Gasteiger partial charge < -0.3 is 34.5 Å². The van der Waals surface area contributed by atoms with Gasteiger partial charge in [0, 0.05) is 43.7 Å². The van der Waals surface area contributed by atoms with E-state index in [-0.39, 0.29) is 24.6 Å². The van der Waals surface area contributed by atoms with Gasteiger partial charge in [-0.2, -0.15) is 0 Å². The fourth-order valence-corrected chi connectivity index (χ4v) is 3.69. The van der Waals surface area contributed by atoms with Crippen LogP contribution < -0.4 is 34.5 Å². The molecule has 0 aliphatic carbocycles. The van der Waals surface area contributed by atoms with E-state index in [1.54, 1.807) is 31.3 Å². The van der Waals surface area contributed by atoms with Crippen molar-refractivity contribution >= 4 is 17.6 Å². The maximum absolute atomic E-state index is 12.5. The van der Waals surface area contributed by atoms with Crippen molar-refractivity contribution in [3.8, 4) is 23.0 Å². The summed E-state index contributed by atoms with van der Waals surface area (Å²) in [5.74, 6) is 2.62. The van der Waals surface area contributed by atoms with E-state index >= 15 is 0 Å². The van der Waals surface area contributed by atoms with Gasteiger partial charge in [0.25, 0.3) is 0 Å². The number of ether oxygens (including phenoxy) is 4. The van der Waals surface area contributed by atoms with Gasteiger partial charge in [-0.15, -0.1) is 0 Å². The van der Waals surface area contributed by atoms with Crippen molar-refractivity contribution in [3.05, 3.63) is 42.0 Å². The number of hydrogen-bond donors (Lipinski definition) is 2. The van der Waals surface area contributed by atoms with Gasteiger partial charge in [-0.3, -0.25) is 4.79 Å². The number of rotatable bonds is 7. The lowest BCUT2D eigenvalue weighted by Gasteiger charge is -2.17. The number of methoxy groups -OCH3 is 2. The molecule has 2 N–H and O–H groups in total. The van der Waals surface area contributed by atoms with Crippen LogP contribution in [0.3, 0.4) is 0 Å². The molecular formula is C22H25N3O6. The number of anilines is 1. The van der Waals surface area contributed by atoms with Gasteiger partial charge in [0.05, 0.1) is 14.2 Å². The Kier molecular flexibility index (Phi) is 6.01. The average molecular weight is 427 g/mol. The molecule has 9 nitrogen and oxygen atoms in total. The molecule has 164 valence electrons. The summed E-state index contributed by atoms with van der Waals surface area (Å²) >= 11 is 0. The highest BCUT2D eigenvalue weighted by molar-refractivity contribution is 5.96. The van der Waals surface area contributed by atoms with Crippen LogP contribution in [0.1, 0.15) is 12.0 Å². The Morgan fingerprint density at radius 2 is 1.87 bits per heavy atom. The summed E-state index contributed by atoms with van der Waals surface area (Å²) < 4.78 is 21.2. The van der Waals surface area contributed by atoms with Crippen molar-refractivity contribution < 1.29 is 28.5 Å². The summed E-state index contributed by atoms with van der Waals surface area (Å²) in [6.07, 6.45) is 0.379. The highest BCUT2D eigenvalue weighted by atomic mass is 16.7. The molecule has 9 heteroatoms. The molecule has 2 aliphatic heterocycles. The summed E-state index contributed by atoms with van der Waals surface area (Å²) in [5, 5.41) is 5.67. The molecule has 3 amide bonds. The fourth-order valence-electron chi connectivity index (χ4n) is 3.69. The molecule has 0 unspecified atom stereocenters. The average Bonchev–Trinajstić information content (AvgIpc) is 3.41. The lowest BCUT2D eigenvalue weighted by molar-refractivity contribution is -0.117. The Labute approximate surface area is 180 Å². The summed E-state index contributed by atoms with van der Waals surface area (Å²) in [5.41, 5.74) is 1.66. The monoisotopic (exact) mass is 427 g/mol. The van der Waals surface area contributed by atoms with Crippen LogP contribution in [0.2, 0.25) is 0 Å². The molecule has 0 spiro atoms. The quantitative estimate of drug-likeness (QED) is 0.704. The van der Waals surface area contributed by atoms with Crippen molar-refractivity contribution in [3.63, 3.8) is 0 Å². The lowest BCUT2D eigenvalue weighted by Crippen LogP contribution is -2.38. The normalized spacial score (nSPS) is 16.9. The van der Waals surface area contributed by atoms with Gasteiger partial charge in [0.15, 0.2) is 23.0 Å². The number of nitrogens with zero attached hydrogens (tertiary/aromatic N) is 1. The van der Waals surface area contributed by atoms with Crippen molar-refractivity contribution in [1.82, 2.24) is 10.6 Å². The predicted molar refractivity (Wildman–Crippen MR) is 113 cm³/mol. The van der Waals surface area contributed by atoms with E-state index in [0.29, 0.717) is 49.1 Å². The number of fused-ring (bicyclic) bond motifs is 1. The minimum absolute atomic E-state index is 0.0244. The maximum atomic E-state index is 12.5. The molecule has 2 aromatic carbocycles. The molecule has 0 radical (unpaired) electrons. The number of carbonyl (C=O) groups excluding carboxylic acids is 2. The largest absolute Gasteiger partial charge is 0.493 e. The zero-order valence-corrected chi connectivity index (χ0v) is 17.5. The Morgan fingerprint density at radius 1 is 1.06 bits per heavy atom. The van der Waals surface area contributed by atoms with Crippen LogP contribution in [0.5, 0.6) is 23.0 Å². The first-order valence-electron chi connectivity index (χ1n) is 10.00. The minimum Gasteiger partial charge on any atom is -0.493 e. The lowest BCUT2D eigenvalue weighted by atomic mass is 10.1. The van der Waals surface area contributed by atoms with Gasteiger partial charge >= 0.3 is 6.03 Å². The topological polar surface area (TPSA) is 98.4 Å². The Hall–Kier alpha value is -3.62. The second-order valence-electron chi connectivity index (χ2n) is 7.36. The minimum atomic E-state index is -0.288. The van der Waals surface area contributed by atoms with Crippen LogP contribution in [-0.4, -0.2) is 46.0 Å². The Morgan fingerprint density at radius 3 is 2.68 bits per heavy atom. The number of benzene rings is 2. The van der Waals surface area contributed by atoms with Gasteiger partial charge in [-0.25, -0.2) is 4.79 Å². The zero-order valence-electron chi connectivity index (χ0n) is 17.5. The van der Waals surface area contributed by atoms with Crippen molar-refractivity contribution in [2.75, 3.05) is 39.0 Å². The van der Waals surface area contributed by atoms with Crippen LogP contribution in [-0.2, 0) is 11.3 Å². The number of hydrogen-bond acceptors (Lipinski definition) is 6. The number of nitrogens with one attached hydrogen (secondary N) is 2. The second-order valence-corrected chi connectivity index (χ2v) is 7.36. The standard InChI is InChI=1S/C22H25N3O6/c1-28-17-5-3-14(7-19(17)29-2)10-23-22(27)24-11-15-8-21(26)25(12-15)16-4-6-18-20(9-16)31-13-30-18/h3-7,9,15H,8,10-13H2,1-2H3,(H2,23,24,27)/t15-/m0/s1. The van der Waals surface area contributed by atoms with Crippen LogP contribution in [0.4, 0.5) is 10.5 Å². The third kappa shape index (κ3) is 4.60. The highest BCUT2D eigenvalue weighted by Gasteiger charge is 2.31. The van der Waals surface area contributed by atoms with Crippen LogP contribution in [0.15, 0.2) is 36.4 Å². The van der Waals surface area contributed by atoms with Gasteiger partial charge in [0.1, 0.15) is 0 Å². The first kappa shape index (κ1) is 20.6. The van der Waals surface area contributed by atoms with Gasteiger partial charge in [-0.1, -0.05) is 6.07 Å².